The van der Waals surface area contributed by atoms with Gasteiger partial charge in [-0.15, -0.1) is 0 Å². The monoisotopic (exact) mass is 277 g/mol. The Hall–Kier alpha value is -2.88. The third-order valence-electron chi connectivity index (χ3n) is 3.30. The highest BCUT2D eigenvalue weighted by Crippen LogP contribution is 2.20. The van der Waals surface area contributed by atoms with Crippen LogP contribution in [0.1, 0.15) is 10.4 Å². The molecule has 4 nitrogen and oxygen atoms in total. The van der Waals surface area contributed by atoms with E-state index in [1.165, 1.54) is 0 Å². The van der Waals surface area contributed by atoms with Crippen molar-refractivity contribution >= 4 is 28.2 Å². The van der Waals surface area contributed by atoms with E-state index in [9.17, 15) is 4.79 Å². The third kappa shape index (κ3) is 2.69. The number of carbonyl (C=O) groups is 1. The Morgan fingerprint density at radius 3 is 2.76 bits per heavy atom. The van der Waals surface area contributed by atoms with E-state index in [0.29, 0.717) is 5.56 Å². The van der Waals surface area contributed by atoms with Crippen molar-refractivity contribution in [1.82, 2.24) is 4.98 Å². The summed E-state index contributed by atoms with van der Waals surface area (Å²) in [4.78, 5) is 16.6. The summed E-state index contributed by atoms with van der Waals surface area (Å²) in [6, 6.07) is 16.9. The third-order valence-corrected chi connectivity index (χ3v) is 3.30. The number of carbonyl (C=O) groups excluding carboxylic acids is 1. The van der Waals surface area contributed by atoms with E-state index in [1.807, 2.05) is 48.5 Å². The van der Waals surface area contributed by atoms with Crippen molar-refractivity contribution in [2.24, 2.45) is 0 Å². The predicted octanol–water partition coefficient (Wildman–Crippen LogP) is 3.53. The van der Waals surface area contributed by atoms with Crippen molar-refractivity contribution in [2.45, 2.75) is 0 Å². The second kappa shape index (κ2) is 5.63. The van der Waals surface area contributed by atoms with Gasteiger partial charge in [0.25, 0.3) is 5.91 Å². The van der Waals surface area contributed by atoms with Gasteiger partial charge in [0.1, 0.15) is 0 Å². The Balaban J connectivity index is 1.89. The number of pyridine rings is 1. The highest BCUT2D eigenvalue weighted by molar-refractivity contribution is 6.08. The SMILES string of the molecule is CNc1ccccc1C(=O)Nc1ccc2ncccc2c1. The average molecular weight is 277 g/mol. The minimum Gasteiger partial charge on any atom is -0.387 e. The lowest BCUT2D eigenvalue weighted by Crippen LogP contribution is -2.13. The second-order valence-electron chi connectivity index (χ2n) is 4.66. The topological polar surface area (TPSA) is 54.0 Å². The molecule has 0 aliphatic carbocycles. The van der Waals surface area contributed by atoms with Gasteiger partial charge in [-0.05, 0) is 36.4 Å². The molecule has 0 fully saturated rings. The Morgan fingerprint density at radius 2 is 1.90 bits per heavy atom. The van der Waals surface area contributed by atoms with Gasteiger partial charge in [-0.25, -0.2) is 0 Å². The number of benzene rings is 2. The Labute approximate surface area is 122 Å². The fourth-order valence-corrected chi connectivity index (χ4v) is 2.25. The number of nitrogens with zero attached hydrogens (tertiary/aromatic N) is 1. The first-order chi connectivity index (χ1) is 10.3. The van der Waals surface area contributed by atoms with Crippen molar-refractivity contribution in [3.05, 3.63) is 66.4 Å². The van der Waals surface area contributed by atoms with Gasteiger partial charge >= 0.3 is 0 Å². The lowest BCUT2D eigenvalue weighted by molar-refractivity contribution is 0.102. The molecule has 0 aliphatic rings. The summed E-state index contributed by atoms with van der Waals surface area (Å²) < 4.78 is 0. The molecular weight excluding hydrogens is 262 g/mol. The molecule has 3 rings (SSSR count). The summed E-state index contributed by atoms with van der Waals surface area (Å²) >= 11 is 0. The Bertz CT molecular complexity index is 799. The van der Waals surface area contributed by atoms with Crippen LogP contribution in [-0.4, -0.2) is 17.9 Å². The van der Waals surface area contributed by atoms with Crippen LogP contribution in [0.4, 0.5) is 11.4 Å². The van der Waals surface area contributed by atoms with Crippen molar-refractivity contribution in [3.63, 3.8) is 0 Å². The quantitative estimate of drug-likeness (QED) is 0.770. The summed E-state index contributed by atoms with van der Waals surface area (Å²) in [5, 5.41) is 6.94. The maximum absolute atomic E-state index is 12.4. The van der Waals surface area contributed by atoms with Gasteiger partial charge in [0.2, 0.25) is 0 Å². The van der Waals surface area contributed by atoms with Crippen molar-refractivity contribution < 1.29 is 4.79 Å². The highest BCUT2D eigenvalue weighted by atomic mass is 16.1. The summed E-state index contributed by atoms with van der Waals surface area (Å²) in [5.41, 5.74) is 3.08. The highest BCUT2D eigenvalue weighted by Gasteiger charge is 2.10. The smallest absolute Gasteiger partial charge is 0.257 e. The van der Waals surface area contributed by atoms with Gasteiger partial charge < -0.3 is 10.6 Å². The normalized spacial score (nSPS) is 10.3. The van der Waals surface area contributed by atoms with E-state index in [1.54, 1.807) is 19.3 Å². The summed E-state index contributed by atoms with van der Waals surface area (Å²) in [5.74, 6) is -0.136. The van der Waals surface area contributed by atoms with Crippen LogP contribution < -0.4 is 10.6 Å². The molecular formula is C17H15N3O. The van der Waals surface area contributed by atoms with E-state index in [0.717, 1.165) is 22.3 Å². The molecule has 0 aliphatic heterocycles. The van der Waals surface area contributed by atoms with Crippen molar-refractivity contribution in [3.8, 4) is 0 Å². The molecule has 0 radical (unpaired) electrons. The maximum atomic E-state index is 12.4. The number of rotatable bonds is 3. The summed E-state index contributed by atoms with van der Waals surface area (Å²) in [6.07, 6.45) is 1.75. The van der Waals surface area contributed by atoms with Crippen LogP contribution in [0.15, 0.2) is 60.8 Å². The summed E-state index contributed by atoms with van der Waals surface area (Å²) in [6.45, 7) is 0. The summed E-state index contributed by atoms with van der Waals surface area (Å²) in [7, 11) is 1.80. The molecule has 2 N–H and O–H groups in total. The number of fused-ring (bicyclic) bond motifs is 1. The molecule has 4 heteroatoms. The van der Waals surface area contributed by atoms with Gasteiger partial charge in [-0.2, -0.15) is 0 Å². The van der Waals surface area contributed by atoms with Gasteiger partial charge in [-0.1, -0.05) is 18.2 Å². The van der Waals surface area contributed by atoms with Crippen LogP contribution in [0.25, 0.3) is 10.9 Å². The minimum absolute atomic E-state index is 0.136. The first-order valence-electron chi connectivity index (χ1n) is 6.71. The Kier molecular flexibility index (Phi) is 3.51. The van der Waals surface area contributed by atoms with E-state index in [4.69, 9.17) is 0 Å². The lowest BCUT2D eigenvalue weighted by atomic mass is 10.1. The molecule has 1 heterocycles. The van der Waals surface area contributed by atoms with E-state index in [2.05, 4.69) is 15.6 Å². The first-order valence-corrected chi connectivity index (χ1v) is 6.71. The molecule has 0 bridgehead atoms. The van der Waals surface area contributed by atoms with Crippen LogP contribution in [0.2, 0.25) is 0 Å². The Morgan fingerprint density at radius 1 is 1.05 bits per heavy atom. The van der Waals surface area contributed by atoms with Gasteiger partial charge in [0.15, 0.2) is 0 Å². The molecule has 3 aromatic rings. The predicted molar refractivity (Wildman–Crippen MR) is 85.7 cm³/mol. The molecule has 2 aromatic carbocycles. The lowest BCUT2D eigenvalue weighted by Gasteiger charge is -2.10. The van der Waals surface area contributed by atoms with Crippen LogP contribution in [-0.2, 0) is 0 Å². The van der Waals surface area contributed by atoms with Crippen LogP contribution >= 0.6 is 0 Å². The molecule has 0 saturated heterocycles. The molecule has 0 spiro atoms. The molecule has 1 amide bonds. The van der Waals surface area contributed by atoms with Gasteiger partial charge in [0.05, 0.1) is 11.1 Å². The number of nitrogens with one attached hydrogen (secondary N) is 2. The number of para-hydroxylation sites is 1. The number of amides is 1. The van der Waals surface area contributed by atoms with E-state index in [-0.39, 0.29) is 5.91 Å². The van der Waals surface area contributed by atoms with Crippen LogP contribution in [0.5, 0.6) is 0 Å². The molecule has 104 valence electrons. The number of hydrogen-bond donors (Lipinski definition) is 2. The molecule has 1 aromatic heterocycles. The fourth-order valence-electron chi connectivity index (χ4n) is 2.25. The van der Waals surface area contributed by atoms with E-state index >= 15 is 0 Å². The number of aromatic nitrogens is 1. The minimum atomic E-state index is -0.136. The van der Waals surface area contributed by atoms with Crippen LogP contribution in [0.3, 0.4) is 0 Å². The fraction of sp³-hybridized carbons (Fsp3) is 0.0588. The number of anilines is 2. The number of hydrogen-bond acceptors (Lipinski definition) is 3. The molecule has 0 saturated carbocycles. The largest absolute Gasteiger partial charge is 0.387 e. The second-order valence-corrected chi connectivity index (χ2v) is 4.66. The van der Waals surface area contributed by atoms with Crippen LogP contribution in [0, 0.1) is 0 Å². The average Bonchev–Trinajstić information content (AvgIpc) is 2.54. The van der Waals surface area contributed by atoms with Gasteiger partial charge in [-0.3, -0.25) is 9.78 Å². The zero-order chi connectivity index (χ0) is 14.7. The van der Waals surface area contributed by atoms with Crippen molar-refractivity contribution in [1.29, 1.82) is 0 Å². The van der Waals surface area contributed by atoms with E-state index < -0.39 is 0 Å². The maximum Gasteiger partial charge on any atom is 0.257 e. The standard InChI is InChI=1S/C17H15N3O/c1-18-16-7-3-2-6-14(16)17(21)20-13-8-9-15-12(11-13)5-4-10-19-15/h2-11,18H,1H3,(H,20,21). The van der Waals surface area contributed by atoms with Gasteiger partial charge in [0, 0.05) is 30.0 Å². The molecule has 21 heavy (non-hydrogen) atoms. The first kappa shape index (κ1) is 13.1. The molecule has 0 atom stereocenters. The molecule has 0 unspecified atom stereocenters. The zero-order valence-corrected chi connectivity index (χ0v) is 11.6. The zero-order valence-electron chi connectivity index (χ0n) is 11.6. The van der Waals surface area contributed by atoms with Crippen molar-refractivity contribution in [2.75, 3.05) is 17.7 Å².